The molecule has 1 amide bonds. The molecule has 0 radical (unpaired) electrons. The maximum absolute atomic E-state index is 11.7. The summed E-state index contributed by atoms with van der Waals surface area (Å²) < 4.78 is 9.90. The van der Waals surface area contributed by atoms with Crippen molar-refractivity contribution in [3.8, 4) is 11.5 Å². The van der Waals surface area contributed by atoms with Crippen LogP contribution in [0.25, 0.3) is 0 Å². The molecule has 0 aliphatic heterocycles. The summed E-state index contributed by atoms with van der Waals surface area (Å²) in [6.07, 6.45) is 0.0695. The molecule has 0 aromatic heterocycles. The van der Waals surface area contributed by atoms with Gasteiger partial charge in [0.15, 0.2) is 11.5 Å². The Labute approximate surface area is 149 Å². The minimum Gasteiger partial charge on any atom is -0.480 e. The van der Waals surface area contributed by atoms with E-state index in [9.17, 15) is 19.2 Å². The lowest BCUT2D eigenvalue weighted by Gasteiger charge is -2.14. The predicted octanol–water partition coefficient (Wildman–Crippen LogP) is 0.0296. The van der Waals surface area contributed by atoms with E-state index in [1.165, 1.54) is 26.0 Å². The number of carbonyl (C=O) groups is 4. The molecular weight excluding hydrogens is 356 g/mol. The summed E-state index contributed by atoms with van der Waals surface area (Å²) in [5.41, 5.74) is 6.25. The summed E-state index contributed by atoms with van der Waals surface area (Å²) in [7, 11) is 0. The van der Waals surface area contributed by atoms with Gasteiger partial charge in [-0.2, -0.15) is 0 Å². The molecule has 0 bridgehead atoms. The first-order chi connectivity index (χ1) is 11.2. The zero-order valence-corrected chi connectivity index (χ0v) is 14.4. The van der Waals surface area contributed by atoms with E-state index in [2.05, 4.69) is 5.32 Å². The quantitative estimate of drug-likeness (QED) is 0.447. The number of carboxylic acids is 1. The summed E-state index contributed by atoms with van der Waals surface area (Å²) in [5.74, 6) is -2.92. The van der Waals surface area contributed by atoms with Crippen LogP contribution in [-0.4, -0.2) is 41.5 Å². The first-order valence-corrected chi connectivity index (χ1v) is 6.94. The van der Waals surface area contributed by atoms with Gasteiger partial charge in [-0.05, 0) is 24.1 Å². The van der Waals surface area contributed by atoms with E-state index in [4.69, 9.17) is 20.3 Å². The molecular formula is C15H19ClN2O7. The number of nitrogens with two attached hydrogens (primary N) is 1. The van der Waals surface area contributed by atoms with Crippen molar-refractivity contribution in [3.05, 3.63) is 23.8 Å². The molecule has 0 heterocycles. The van der Waals surface area contributed by atoms with Gasteiger partial charge >= 0.3 is 17.9 Å². The summed E-state index contributed by atoms with van der Waals surface area (Å²) in [6, 6.07) is 3.39. The zero-order chi connectivity index (χ0) is 18.3. The Morgan fingerprint density at radius 1 is 1.12 bits per heavy atom. The number of benzene rings is 1. The Kier molecular flexibility index (Phi) is 9.18. The number of esters is 2. The van der Waals surface area contributed by atoms with Crippen molar-refractivity contribution in [2.45, 2.75) is 26.3 Å². The lowest BCUT2D eigenvalue weighted by molar-refractivity contribution is -0.138. The van der Waals surface area contributed by atoms with E-state index < -0.39 is 36.4 Å². The highest BCUT2D eigenvalue weighted by molar-refractivity contribution is 5.85. The maximum atomic E-state index is 11.7. The number of nitrogens with one attached hydrogen (secondary N) is 1. The number of aliphatic carboxylic acids is 1. The molecule has 0 unspecified atom stereocenters. The standard InChI is InChI=1S/C15H18N2O7.ClH/c1-8(18)23-12-4-3-10(6-13(12)24-9(2)19)5-11(16)15(22)17-7-14(20)21;/h3-4,6,11H,5,7,16H2,1-2H3,(H,17,22)(H,20,21);1H/t11-;/m0./s1. The molecule has 1 rings (SSSR count). The highest BCUT2D eigenvalue weighted by atomic mass is 35.5. The van der Waals surface area contributed by atoms with Crippen LogP contribution in [0.1, 0.15) is 19.4 Å². The van der Waals surface area contributed by atoms with Crippen molar-refractivity contribution in [2.75, 3.05) is 6.54 Å². The topological polar surface area (TPSA) is 145 Å². The van der Waals surface area contributed by atoms with Gasteiger partial charge in [0.25, 0.3) is 0 Å². The summed E-state index contributed by atoms with van der Waals surface area (Å²) in [5, 5.41) is 10.7. The fourth-order valence-corrected chi connectivity index (χ4v) is 1.79. The Bertz CT molecular complexity index is 663. The van der Waals surface area contributed by atoms with Crippen LogP contribution in [0.2, 0.25) is 0 Å². The minimum absolute atomic E-state index is 0. The molecule has 0 aliphatic rings. The summed E-state index contributed by atoms with van der Waals surface area (Å²) >= 11 is 0. The number of carbonyl (C=O) groups excluding carboxylic acids is 3. The highest BCUT2D eigenvalue weighted by Gasteiger charge is 2.17. The second kappa shape index (κ2) is 10.3. The third-order valence-electron chi connectivity index (χ3n) is 2.72. The lowest BCUT2D eigenvalue weighted by Crippen LogP contribution is -2.43. The zero-order valence-electron chi connectivity index (χ0n) is 13.6. The summed E-state index contributed by atoms with van der Waals surface area (Å²) in [6.45, 7) is 1.86. The maximum Gasteiger partial charge on any atom is 0.322 e. The second-order valence-corrected chi connectivity index (χ2v) is 4.89. The van der Waals surface area contributed by atoms with Crippen LogP contribution < -0.4 is 20.5 Å². The Hall–Kier alpha value is -2.65. The second-order valence-electron chi connectivity index (χ2n) is 4.89. The third-order valence-corrected chi connectivity index (χ3v) is 2.72. The van der Waals surface area contributed by atoms with Crippen LogP contribution in [0.5, 0.6) is 11.5 Å². The first-order valence-electron chi connectivity index (χ1n) is 6.94. The van der Waals surface area contributed by atoms with E-state index in [-0.39, 0.29) is 30.3 Å². The van der Waals surface area contributed by atoms with E-state index >= 15 is 0 Å². The van der Waals surface area contributed by atoms with Crippen molar-refractivity contribution in [2.24, 2.45) is 5.73 Å². The molecule has 0 saturated carbocycles. The van der Waals surface area contributed by atoms with E-state index in [1.54, 1.807) is 6.07 Å². The molecule has 0 fully saturated rings. The van der Waals surface area contributed by atoms with Crippen molar-refractivity contribution in [3.63, 3.8) is 0 Å². The number of ether oxygens (including phenoxy) is 2. The van der Waals surface area contributed by atoms with Crippen molar-refractivity contribution >= 4 is 36.2 Å². The minimum atomic E-state index is -1.18. The normalized spacial score (nSPS) is 10.8. The Balaban J connectivity index is 0.00000576. The number of halogens is 1. The van der Waals surface area contributed by atoms with Crippen LogP contribution >= 0.6 is 12.4 Å². The van der Waals surface area contributed by atoms with Gasteiger partial charge in [0.2, 0.25) is 5.91 Å². The number of hydrogen-bond acceptors (Lipinski definition) is 7. The lowest BCUT2D eigenvalue weighted by atomic mass is 10.1. The van der Waals surface area contributed by atoms with Crippen molar-refractivity contribution in [1.82, 2.24) is 5.32 Å². The van der Waals surface area contributed by atoms with Gasteiger partial charge in [0.1, 0.15) is 6.54 Å². The van der Waals surface area contributed by atoms with Crippen LogP contribution in [0, 0.1) is 0 Å². The smallest absolute Gasteiger partial charge is 0.322 e. The van der Waals surface area contributed by atoms with Gasteiger partial charge in [0.05, 0.1) is 6.04 Å². The number of amides is 1. The van der Waals surface area contributed by atoms with Crippen LogP contribution in [0.15, 0.2) is 18.2 Å². The molecule has 4 N–H and O–H groups in total. The molecule has 0 saturated heterocycles. The molecule has 0 aliphatic carbocycles. The van der Waals surface area contributed by atoms with Gasteiger partial charge in [-0.15, -0.1) is 12.4 Å². The van der Waals surface area contributed by atoms with Gasteiger partial charge in [0, 0.05) is 13.8 Å². The van der Waals surface area contributed by atoms with Gasteiger partial charge in [-0.3, -0.25) is 19.2 Å². The number of carboxylic acid groups (broad SMARTS) is 1. The highest BCUT2D eigenvalue weighted by Crippen LogP contribution is 2.29. The molecule has 1 aromatic carbocycles. The average Bonchev–Trinajstić information content (AvgIpc) is 2.46. The van der Waals surface area contributed by atoms with E-state index in [1.807, 2.05) is 0 Å². The van der Waals surface area contributed by atoms with E-state index in [0.29, 0.717) is 5.56 Å². The number of rotatable bonds is 7. The Morgan fingerprint density at radius 2 is 1.68 bits per heavy atom. The number of hydrogen-bond donors (Lipinski definition) is 3. The van der Waals surface area contributed by atoms with Crippen molar-refractivity contribution in [1.29, 1.82) is 0 Å². The SMILES string of the molecule is CC(=O)Oc1ccc(C[C@H](N)C(=O)NCC(=O)O)cc1OC(C)=O.Cl. The molecule has 9 nitrogen and oxygen atoms in total. The fraction of sp³-hybridized carbons (Fsp3) is 0.333. The molecule has 1 atom stereocenters. The molecule has 10 heteroatoms. The molecule has 25 heavy (non-hydrogen) atoms. The molecule has 138 valence electrons. The van der Waals surface area contributed by atoms with Crippen LogP contribution in [0.3, 0.4) is 0 Å². The first kappa shape index (κ1) is 22.4. The van der Waals surface area contributed by atoms with Crippen LogP contribution in [-0.2, 0) is 25.6 Å². The van der Waals surface area contributed by atoms with Gasteiger partial charge in [-0.1, -0.05) is 6.07 Å². The largest absolute Gasteiger partial charge is 0.480 e. The van der Waals surface area contributed by atoms with E-state index in [0.717, 1.165) is 0 Å². The third kappa shape index (κ3) is 8.13. The molecule has 1 aromatic rings. The molecule has 0 spiro atoms. The Morgan fingerprint density at radius 3 is 2.20 bits per heavy atom. The van der Waals surface area contributed by atoms with Crippen LogP contribution in [0.4, 0.5) is 0 Å². The average molecular weight is 375 g/mol. The van der Waals surface area contributed by atoms with Gasteiger partial charge in [-0.25, -0.2) is 0 Å². The fourth-order valence-electron chi connectivity index (χ4n) is 1.79. The van der Waals surface area contributed by atoms with Crippen molar-refractivity contribution < 1.29 is 33.8 Å². The monoisotopic (exact) mass is 374 g/mol. The summed E-state index contributed by atoms with van der Waals surface area (Å²) in [4.78, 5) is 44.3. The van der Waals surface area contributed by atoms with Gasteiger partial charge < -0.3 is 25.6 Å². The predicted molar refractivity (Wildman–Crippen MR) is 88.6 cm³/mol.